The smallest absolute Gasteiger partial charge is 0.0636 e. The predicted molar refractivity (Wildman–Crippen MR) is 97.8 cm³/mol. The normalized spacial score (nSPS) is 27.5. The maximum atomic E-state index is 11.0. The molecular formula is C21H34O2. The van der Waals surface area contributed by atoms with Crippen LogP contribution in [0.2, 0.25) is 0 Å². The number of hydrogen-bond donors (Lipinski definition) is 2. The molecule has 1 saturated carbocycles. The highest BCUT2D eigenvalue weighted by atomic mass is 16.3. The molecular weight excluding hydrogens is 284 g/mol. The quantitative estimate of drug-likeness (QED) is 0.516. The molecule has 1 aliphatic carbocycles. The number of hydrogen-bond acceptors (Lipinski definition) is 2. The Hall–Kier alpha value is -1.04. The first-order chi connectivity index (χ1) is 11.0. The molecule has 0 saturated heterocycles. The Labute approximate surface area is 142 Å². The van der Waals surface area contributed by atoms with Gasteiger partial charge in [-0.25, -0.2) is 0 Å². The predicted octanol–water partition coefficient (Wildman–Crippen LogP) is 4.33. The van der Waals surface area contributed by atoms with E-state index in [1.165, 1.54) is 0 Å². The number of rotatable bonds is 8. The summed E-state index contributed by atoms with van der Waals surface area (Å²) in [5.74, 6) is 6.93. The van der Waals surface area contributed by atoms with E-state index in [0.717, 1.165) is 32.1 Å². The van der Waals surface area contributed by atoms with Crippen molar-refractivity contribution in [1.82, 2.24) is 0 Å². The molecule has 4 unspecified atom stereocenters. The van der Waals surface area contributed by atoms with Crippen molar-refractivity contribution in [3.05, 3.63) is 24.8 Å². The van der Waals surface area contributed by atoms with Crippen molar-refractivity contribution in [1.29, 1.82) is 0 Å². The van der Waals surface area contributed by atoms with Gasteiger partial charge in [0.1, 0.15) is 0 Å². The lowest BCUT2D eigenvalue weighted by atomic mass is 9.69. The molecule has 1 aliphatic rings. The summed E-state index contributed by atoms with van der Waals surface area (Å²) in [4.78, 5) is 0. The van der Waals surface area contributed by atoms with E-state index in [1.54, 1.807) is 0 Å². The van der Waals surface area contributed by atoms with Gasteiger partial charge in [-0.15, -0.1) is 18.4 Å². The minimum Gasteiger partial charge on any atom is -0.393 e. The molecule has 2 nitrogen and oxygen atoms in total. The Balaban J connectivity index is 2.86. The lowest BCUT2D eigenvalue weighted by Gasteiger charge is -2.40. The van der Waals surface area contributed by atoms with Gasteiger partial charge in [-0.2, -0.15) is 0 Å². The van der Waals surface area contributed by atoms with Crippen LogP contribution in [0.3, 0.4) is 0 Å². The molecule has 0 amide bonds. The minimum atomic E-state index is -0.507. The van der Waals surface area contributed by atoms with Crippen LogP contribution in [0.15, 0.2) is 24.8 Å². The van der Waals surface area contributed by atoms with Crippen LogP contribution in [0.4, 0.5) is 0 Å². The molecule has 5 atom stereocenters. The average Bonchev–Trinajstić information content (AvgIpc) is 2.50. The molecule has 130 valence electrons. The van der Waals surface area contributed by atoms with Crippen molar-refractivity contribution in [2.75, 3.05) is 0 Å². The van der Waals surface area contributed by atoms with E-state index in [9.17, 15) is 10.2 Å². The summed E-state index contributed by atoms with van der Waals surface area (Å²) in [6, 6.07) is 0. The van der Waals surface area contributed by atoms with Gasteiger partial charge in [0.15, 0.2) is 0 Å². The Morgan fingerprint density at radius 2 is 2.04 bits per heavy atom. The van der Waals surface area contributed by atoms with Crippen molar-refractivity contribution in [2.45, 2.75) is 71.5 Å². The molecule has 0 aromatic heterocycles. The summed E-state index contributed by atoms with van der Waals surface area (Å²) in [7, 11) is 0. The standard InChI is InChI=1S/C21H34O2/c1-5-7-12-18(14-8-11-16(3)4)21(23)20-17(10-6-2)13-9-15-19(20)22/h6,8,11,16-23H,2,9-10,12-15H2,1,3-4H3/b11-8+/t17?,18-,19?,20?,21?/m0/s1. The molecule has 2 N–H and O–H groups in total. The molecule has 0 spiro atoms. The number of aliphatic hydroxyl groups excluding tert-OH is 2. The third-order valence-corrected chi connectivity index (χ3v) is 4.91. The first-order valence-electron chi connectivity index (χ1n) is 9.04. The lowest BCUT2D eigenvalue weighted by molar-refractivity contribution is -0.0654. The van der Waals surface area contributed by atoms with E-state index < -0.39 is 12.2 Å². The Morgan fingerprint density at radius 1 is 1.30 bits per heavy atom. The van der Waals surface area contributed by atoms with Crippen molar-refractivity contribution in [3.8, 4) is 11.8 Å². The molecule has 0 aromatic rings. The Bertz CT molecular complexity index is 427. The Kier molecular flexibility index (Phi) is 9.29. The van der Waals surface area contributed by atoms with Crippen LogP contribution < -0.4 is 0 Å². The Morgan fingerprint density at radius 3 is 2.65 bits per heavy atom. The van der Waals surface area contributed by atoms with Crippen LogP contribution in [0.25, 0.3) is 0 Å². The molecule has 23 heavy (non-hydrogen) atoms. The molecule has 0 heterocycles. The monoisotopic (exact) mass is 318 g/mol. The highest BCUT2D eigenvalue weighted by Gasteiger charge is 2.39. The molecule has 2 heteroatoms. The minimum absolute atomic E-state index is 0.0575. The molecule has 0 bridgehead atoms. The number of aliphatic hydroxyl groups is 2. The largest absolute Gasteiger partial charge is 0.393 e. The molecule has 1 fully saturated rings. The van der Waals surface area contributed by atoms with Crippen LogP contribution >= 0.6 is 0 Å². The molecule has 1 rings (SSSR count). The van der Waals surface area contributed by atoms with Gasteiger partial charge in [0.2, 0.25) is 0 Å². The van der Waals surface area contributed by atoms with Gasteiger partial charge < -0.3 is 10.2 Å². The fourth-order valence-corrected chi connectivity index (χ4v) is 3.70. The zero-order valence-electron chi connectivity index (χ0n) is 15.0. The highest BCUT2D eigenvalue weighted by Crippen LogP contribution is 2.38. The molecule has 0 aromatic carbocycles. The van der Waals surface area contributed by atoms with Gasteiger partial charge >= 0.3 is 0 Å². The van der Waals surface area contributed by atoms with Gasteiger partial charge in [0.05, 0.1) is 12.2 Å². The molecule has 0 aliphatic heterocycles. The second-order valence-corrected chi connectivity index (χ2v) is 7.15. The zero-order valence-corrected chi connectivity index (χ0v) is 15.0. The van der Waals surface area contributed by atoms with Crippen LogP contribution in [0.5, 0.6) is 0 Å². The fourth-order valence-electron chi connectivity index (χ4n) is 3.70. The molecule has 0 radical (unpaired) electrons. The SMILES string of the molecule is C=CCC1CCCC(O)C1C(O)[C@@H](CC#CC)C/C=C/C(C)C. The van der Waals surface area contributed by atoms with E-state index in [1.807, 2.05) is 13.0 Å². The second kappa shape index (κ2) is 10.7. The topological polar surface area (TPSA) is 40.5 Å². The summed E-state index contributed by atoms with van der Waals surface area (Å²) in [5, 5.41) is 21.5. The van der Waals surface area contributed by atoms with Crippen LogP contribution in [0.1, 0.15) is 59.3 Å². The van der Waals surface area contributed by atoms with Gasteiger partial charge in [-0.05, 0) is 50.4 Å². The third kappa shape index (κ3) is 6.53. The highest BCUT2D eigenvalue weighted by molar-refractivity contribution is 5.02. The summed E-state index contributed by atoms with van der Waals surface area (Å²) >= 11 is 0. The maximum Gasteiger partial charge on any atom is 0.0636 e. The van der Waals surface area contributed by atoms with Gasteiger partial charge in [-0.1, -0.05) is 38.5 Å². The van der Waals surface area contributed by atoms with Crippen LogP contribution in [-0.4, -0.2) is 22.4 Å². The average molecular weight is 319 g/mol. The third-order valence-electron chi connectivity index (χ3n) is 4.91. The van der Waals surface area contributed by atoms with E-state index in [-0.39, 0.29) is 11.8 Å². The summed E-state index contributed by atoms with van der Waals surface area (Å²) in [6.45, 7) is 9.98. The summed E-state index contributed by atoms with van der Waals surface area (Å²) < 4.78 is 0. The summed E-state index contributed by atoms with van der Waals surface area (Å²) in [5.41, 5.74) is 0. The summed E-state index contributed by atoms with van der Waals surface area (Å²) in [6.07, 6.45) is 10.6. The van der Waals surface area contributed by atoms with E-state index in [4.69, 9.17) is 0 Å². The first-order valence-corrected chi connectivity index (χ1v) is 9.04. The van der Waals surface area contributed by atoms with Crippen LogP contribution in [0, 0.1) is 35.5 Å². The first kappa shape index (κ1) is 20.0. The van der Waals surface area contributed by atoms with Crippen LogP contribution in [-0.2, 0) is 0 Å². The van der Waals surface area contributed by atoms with Crippen molar-refractivity contribution in [2.24, 2.45) is 23.7 Å². The lowest BCUT2D eigenvalue weighted by Crippen LogP contribution is -2.44. The second-order valence-electron chi connectivity index (χ2n) is 7.15. The van der Waals surface area contributed by atoms with Gasteiger partial charge in [0, 0.05) is 12.3 Å². The van der Waals surface area contributed by atoms with E-state index in [2.05, 4.69) is 44.4 Å². The zero-order chi connectivity index (χ0) is 17.2. The van der Waals surface area contributed by atoms with Crippen molar-refractivity contribution < 1.29 is 10.2 Å². The number of allylic oxidation sites excluding steroid dienone is 3. The maximum absolute atomic E-state index is 11.0. The fraction of sp³-hybridized carbons (Fsp3) is 0.714. The van der Waals surface area contributed by atoms with Gasteiger partial charge in [-0.3, -0.25) is 0 Å². The van der Waals surface area contributed by atoms with E-state index >= 15 is 0 Å². The van der Waals surface area contributed by atoms with Crippen molar-refractivity contribution in [3.63, 3.8) is 0 Å². The van der Waals surface area contributed by atoms with E-state index in [0.29, 0.717) is 18.3 Å². The van der Waals surface area contributed by atoms with Crippen molar-refractivity contribution >= 4 is 0 Å². The van der Waals surface area contributed by atoms with Gasteiger partial charge in [0.25, 0.3) is 0 Å².